The monoisotopic (exact) mass is 465 g/mol. The van der Waals surface area contributed by atoms with Crippen molar-refractivity contribution in [1.82, 2.24) is 20.0 Å². The van der Waals surface area contributed by atoms with Gasteiger partial charge in [0.15, 0.2) is 5.11 Å². The molecular weight excluding hydrogens is 438 g/mol. The highest BCUT2D eigenvalue weighted by Gasteiger charge is 2.41. The van der Waals surface area contributed by atoms with Gasteiger partial charge in [-0.3, -0.25) is 9.58 Å². The topological polar surface area (TPSA) is 45.1 Å². The second kappa shape index (κ2) is 9.22. The van der Waals surface area contributed by atoms with Crippen LogP contribution in [-0.2, 0) is 7.05 Å². The molecule has 7 heteroatoms. The molecule has 0 saturated carbocycles. The van der Waals surface area contributed by atoms with Crippen molar-refractivity contribution in [2.24, 2.45) is 13.0 Å². The van der Waals surface area contributed by atoms with Crippen molar-refractivity contribution in [1.29, 1.82) is 0 Å². The van der Waals surface area contributed by atoms with E-state index in [9.17, 15) is 0 Å². The van der Waals surface area contributed by atoms with Crippen molar-refractivity contribution >= 4 is 34.6 Å². The van der Waals surface area contributed by atoms with Crippen LogP contribution in [-0.4, -0.2) is 45.5 Å². The molecule has 0 amide bonds. The van der Waals surface area contributed by atoms with Crippen LogP contribution in [0.4, 0.5) is 5.69 Å². The Morgan fingerprint density at radius 1 is 1.16 bits per heavy atom. The summed E-state index contributed by atoms with van der Waals surface area (Å²) in [6, 6.07) is 20.8. The number of fused-ring (bicyclic) bond motifs is 3. The molecule has 3 aliphatic rings. The summed E-state index contributed by atoms with van der Waals surface area (Å²) in [4.78, 5) is 2.62. The lowest BCUT2D eigenvalue weighted by Crippen LogP contribution is -2.56. The molecule has 3 aliphatic heterocycles. The van der Waals surface area contributed by atoms with E-state index in [1.165, 1.54) is 24.1 Å². The summed E-state index contributed by atoms with van der Waals surface area (Å²) in [6.07, 6.45) is 2.44. The minimum absolute atomic E-state index is 0.511. The predicted octanol–water partition coefficient (Wildman–Crippen LogP) is 4.90. The molecule has 0 radical (unpaired) electrons. The molecule has 2 bridgehead atoms. The molecule has 0 spiro atoms. The summed E-state index contributed by atoms with van der Waals surface area (Å²) in [5.74, 6) is 1.22. The first-order valence-corrected chi connectivity index (χ1v) is 12.0. The van der Waals surface area contributed by atoms with Crippen molar-refractivity contribution in [3.8, 4) is 11.3 Å². The summed E-state index contributed by atoms with van der Waals surface area (Å²) >= 11 is 11.5. The molecule has 166 valence electrons. The van der Waals surface area contributed by atoms with Gasteiger partial charge >= 0.3 is 0 Å². The number of piperidine rings is 3. The van der Waals surface area contributed by atoms with E-state index in [1.54, 1.807) is 0 Å². The number of rotatable bonds is 5. The fourth-order valence-electron chi connectivity index (χ4n) is 5.18. The fraction of sp³-hybridized carbons (Fsp3) is 0.360. The smallest absolute Gasteiger partial charge is 0.170 e. The lowest BCUT2D eigenvalue weighted by Gasteiger charge is -2.50. The van der Waals surface area contributed by atoms with Gasteiger partial charge < -0.3 is 10.6 Å². The van der Waals surface area contributed by atoms with Gasteiger partial charge in [0.25, 0.3) is 0 Å². The van der Waals surface area contributed by atoms with Gasteiger partial charge in [0, 0.05) is 54.1 Å². The molecular formula is C25H28ClN5S. The molecule has 3 saturated heterocycles. The SMILES string of the molecule is Cn1nc(-c2ccccc2)cc1C1CN2CCC1CC2CNC(=S)Nc1ccc(Cl)cc1. The van der Waals surface area contributed by atoms with E-state index < -0.39 is 0 Å². The lowest BCUT2D eigenvalue weighted by atomic mass is 9.74. The number of halogens is 1. The van der Waals surface area contributed by atoms with Crippen molar-refractivity contribution in [3.63, 3.8) is 0 Å². The number of aryl methyl sites for hydroxylation is 1. The molecule has 3 fully saturated rings. The van der Waals surface area contributed by atoms with Crippen LogP contribution in [0, 0.1) is 5.92 Å². The number of benzene rings is 2. The molecule has 0 aliphatic carbocycles. The minimum atomic E-state index is 0.511. The summed E-state index contributed by atoms with van der Waals surface area (Å²) in [7, 11) is 2.08. The summed E-state index contributed by atoms with van der Waals surface area (Å²) < 4.78 is 2.09. The number of hydrogen-bond donors (Lipinski definition) is 2. The van der Waals surface area contributed by atoms with Crippen molar-refractivity contribution in [2.75, 3.05) is 25.0 Å². The zero-order valence-corrected chi connectivity index (χ0v) is 19.7. The van der Waals surface area contributed by atoms with Gasteiger partial charge in [-0.05, 0) is 67.9 Å². The second-order valence-electron chi connectivity index (χ2n) is 8.83. The zero-order valence-electron chi connectivity index (χ0n) is 18.2. The summed E-state index contributed by atoms with van der Waals surface area (Å²) in [6.45, 7) is 3.11. The average Bonchev–Trinajstić information content (AvgIpc) is 3.21. The molecule has 4 unspecified atom stereocenters. The van der Waals surface area contributed by atoms with Crippen molar-refractivity contribution < 1.29 is 0 Å². The van der Waals surface area contributed by atoms with Gasteiger partial charge in [0.1, 0.15) is 0 Å². The van der Waals surface area contributed by atoms with Crippen LogP contribution in [0.5, 0.6) is 0 Å². The maximum absolute atomic E-state index is 5.96. The van der Waals surface area contributed by atoms with Gasteiger partial charge in [-0.25, -0.2) is 0 Å². The molecule has 5 nitrogen and oxygen atoms in total. The predicted molar refractivity (Wildman–Crippen MR) is 135 cm³/mol. The largest absolute Gasteiger partial charge is 0.361 e. The van der Waals surface area contributed by atoms with Gasteiger partial charge in [0.05, 0.1) is 5.69 Å². The molecule has 3 aromatic rings. The number of aromatic nitrogens is 2. The Morgan fingerprint density at radius 3 is 2.66 bits per heavy atom. The van der Waals surface area contributed by atoms with E-state index in [4.69, 9.17) is 28.9 Å². The Hall–Kier alpha value is -2.41. The normalized spacial score (nSPS) is 24.3. The van der Waals surface area contributed by atoms with E-state index in [0.29, 0.717) is 23.0 Å². The van der Waals surface area contributed by atoms with E-state index in [0.717, 1.165) is 36.0 Å². The first-order valence-electron chi connectivity index (χ1n) is 11.2. The maximum Gasteiger partial charge on any atom is 0.170 e. The number of nitrogens with one attached hydrogen (secondary N) is 2. The van der Waals surface area contributed by atoms with E-state index in [-0.39, 0.29) is 0 Å². The van der Waals surface area contributed by atoms with Gasteiger partial charge in [-0.2, -0.15) is 5.10 Å². The third kappa shape index (κ3) is 4.53. The molecule has 6 rings (SSSR count). The Kier molecular flexibility index (Phi) is 6.17. The third-order valence-corrected chi connectivity index (χ3v) is 7.34. The summed E-state index contributed by atoms with van der Waals surface area (Å²) in [5.41, 5.74) is 4.54. The Morgan fingerprint density at radius 2 is 1.94 bits per heavy atom. The highest BCUT2D eigenvalue weighted by atomic mass is 35.5. The quantitative estimate of drug-likeness (QED) is 0.524. The first kappa shape index (κ1) is 21.4. The molecule has 4 heterocycles. The summed E-state index contributed by atoms with van der Waals surface area (Å²) in [5, 5.41) is 12.9. The van der Waals surface area contributed by atoms with Crippen LogP contribution >= 0.6 is 23.8 Å². The Labute approximate surface area is 199 Å². The van der Waals surface area contributed by atoms with Gasteiger partial charge in [0.2, 0.25) is 0 Å². The Bertz CT molecular complexity index is 1080. The van der Waals surface area contributed by atoms with E-state index in [2.05, 4.69) is 57.6 Å². The number of anilines is 1. The lowest BCUT2D eigenvalue weighted by molar-refractivity contribution is 0.0303. The standard InChI is InChI=1S/C25H28ClN5S/c1-30-24(14-23(29-30)17-5-3-2-4-6-17)22-16-31-12-11-18(22)13-21(31)15-27-25(32)28-20-9-7-19(26)8-10-20/h2-10,14,18,21-22H,11-13,15-16H2,1H3,(H2,27,28,32). The fourth-order valence-corrected chi connectivity index (χ4v) is 5.51. The first-order chi connectivity index (χ1) is 15.6. The average molecular weight is 466 g/mol. The van der Waals surface area contributed by atoms with Crippen molar-refractivity contribution in [2.45, 2.75) is 24.8 Å². The maximum atomic E-state index is 5.96. The highest BCUT2D eigenvalue weighted by Crippen LogP contribution is 2.42. The van der Waals surface area contributed by atoms with Crippen LogP contribution < -0.4 is 10.6 Å². The Balaban J connectivity index is 1.20. The molecule has 32 heavy (non-hydrogen) atoms. The molecule has 2 N–H and O–H groups in total. The number of thiocarbonyl (C=S) groups is 1. The van der Waals surface area contributed by atoms with Crippen LogP contribution in [0.25, 0.3) is 11.3 Å². The van der Waals surface area contributed by atoms with Crippen LogP contribution in [0.15, 0.2) is 60.7 Å². The number of nitrogens with zero attached hydrogens (tertiary/aromatic N) is 3. The molecule has 2 aromatic carbocycles. The van der Waals surface area contributed by atoms with Gasteiger partial charge in [-0.15, -0.1) is 0 Å². The highest BCUT2D eigenvalue weighted by molar-refractivity contribution is 7.80. The molecule has 4 atom stereocenters. The second-order valence-corrected chi connectivity index (χ2v) is 9.67. The van der Waals surface area contributed by atoms with Crippen LogP contribution in [0.3, 0.4) is 0 Å². The van der Waals surface area contributed by atoms with Crippen LogP contribution in [0.2, 0.25) is 5.02 Å². The van der Waals surface area contributed by atoms with Crippen molar-refractivity contribution in [3.05, 3.63) is 71.4 Å². The number of hydrogen-bond acceptors (Lipinski definition) is 3. The zero-order chi connectivity index (χ0) is 22.1. The van der Waals surface area contributed by atoms with Crippen LogP contribution in [0.1, 0.15) is 24.5 Å². The molecule has 1 aromatic heterocycles. The minimum Gasteiger partial charge on any atom is -0.361 e. The van der Waals surface area contributed by atoms with Gasteiger partial charge in [-0.1, -0.05) is 41.9 Å². The van der Waals surface area contributed by atoms with E-state index in [1.807, 2.05) is 30.3 Å². The van der Waals surface area contributed by atoms with E-state index >= 15 is 0 Å². The third-order valence-electron chi connectivity index (χ3n) is 6.84.